The highest BCUT2D eigenvalue weighted by Gasteiger charge is 2.12. The first kappa shape index (κ1) is 14.2. The minimum Gasteiger partial charge on any atom is -0.300 e. The Hall–Kier alpha value is 0.250. The van der Waals surface area contributed by atoms with E-state index in [1.54, 1.807) is 0 Å². The maximum atomic E-state index is 11.5. The molecule has 2 atom stereocenters. The van der Waals surface area contributed by atoms with Gasteiger partial charge in [0.05, 0.1) is 0 Å². The van der Waals surface area contributed by atoms with Crippen LogP contribution in [0.5, 0.6) is 0 Å². The fourth-order valence-corrected chi connectivity index (χ4v) is 2.18. The summed E-state index contributed by atoms with van der Waals surface area (Å²) in [7, 11) is 0. The molecule has 0 spiro atoms. The molecule has 3 heteroatoms. The van der Waals surface area contributed by atoms with E-state index in [4.69, 9.17) is 23.2 Å². The monoisotopic (exact) mass is 238 g/mol. The fraction of sp³-hybridized carbons (Fsp3) is 0.909. The average Bonchev–Trinajstić information content (AvgIpc) is 2.03. The molecule has 0 aliphatic carbocycles. The van der Waals surface area contributed by atoms with Crippen LogP contribution in [0.1, 0.15) is 39.5 Å². The number of hydrogen-bond donors (Lipinski definition) is 0. The van der Waals surface area contributed by atoms with Crippen LogP contribution >= 0.6 is 23.2 Å². The van der Waals surface area contributed by atoms with Crippen molar-refractivity contribution in [3.8, 4) is 0 Å². The summed E-state index contributed by atoms with van der Waals surface area (Å²) in [6, 6.07) is 0. The number of carbonyl (C=O) groups excluding carboxylic acids is 1. The van der Waals surface area contributed by atoms with Crippen LogP contribution < -0.4 is 0 Å². The van der Waals surface area contributed by atoms with Crippen molar-refractivity contribution in [3.05, 3.63) is 0 Å². The lowest BCUT2D eigenvalue weighted by Gasteiger charge is -2.11. The number of Topliss-reactive ketones (excluding diaryl/α,β-unsaturated/α-hetero) is 1. The van der Waals surface area contributed by atoms with Gasteiger partial charge in [-0.05, 0) is 24.7 Å². The summed E-state index contributed by atoms with van der Waals surface area (Å²) >= 11 is 11.2. The molecule has 0 bridgehead atoms. The molecule has 0 N–H and O–H groups in total. The lowest BCUT2D eigenvalue weighted by Crippen LogP contribution is -2.10. The predicted molar refractivity (Wildman–Crippen MR) is 63.2 cm³/mol. The van der Waals surface area contributed by atoms with Gasteiger partial charge in [0.2, 0.25) is 0 Å². The van der Waals surface area contributed by atoms with Crippen LogP contribution in [0.25, 0.3) is 0 Å². The predicted octanol–water partition coefficient (Wildman–Crippen LogP) is 3.87. The zero-order valence-electron chi connectivity index (χ0n) is 9.06. The second-order valence-corrected chi connectivity index (χ2v) is 4.87. The molecule has 0 aromatic heterocycles. The van der Waals surface area contributed by atoms with E-state index in [-0.39, 0.29) is 0 Å². The third kappa shape index (κ3) is 7.64. The lowest BCUT2D eigenvalue weighted by atomic mass is 9.95. The molecular weight excluding hydrogens is 219 g/mol. The van der Waals surface area contributed by atoms with Gasteiger partial charge in [-0.25, -0.2) is 0 Å². The molecule has 0 heterocycles. The SMILES string of the molecule is CC(CCCl)CC(=O)CC(C)CCCl. The average molecular weight is 239 g/mol. The van der Waals surface area contributed by atoms with Crippen molar-refractivity contribution in [2.75, 3.05) is 11.8 Å². The Morgan fingerprint density at radius 1 is 1.00 bits per heavy atom. The van der Waals surface area contributed by atoms with Gasteiger partial charge in [0.15, 0.2) is 0 Å². The Labute approximate surface area is 97.2 Å². The van der Waals surface area contributed by atoms with Crippen molar-refractivity contribution in [1.82, 2.24) is 0 Å². The van der Waals surface area contributed by atoms with Crippen LogP contribution in [0.2, 0.25) is 0 Å². The lowest BCUT2D eigenvalue weighted by molar-refractivity contribution is -0.120. The van der Waals surface area contributed by atoms with Crippen LogP contribution in [0.3, 0.4) is 0 Å². The Balaban J connectivity index is 3.63. The molecule has 0 fully saturated rings. The van der Waals surface area contributed by atoms with Crippen LogP contribution in [0.4, 0.5) is 0 Å². The van der Waals surface area contributed by atoms with Crippen LogP contribution in [-0.4, -0.2) is 17.5 Å². The fourth-order valence-electron chi connectivity index (χ4n) is 1.44. The van der Waals surface area contributed by atoms with E-state index in [1.165, 1.54) is 0 Å². The number of alkyl halides is 2. The molecule has 0 rings (SSSR count). The maximum Gasteiger partial charge on any atom is 0.133 e. The third-order valence-electron chi connectivity index (χ3n) is 2.36. The van der Waals surface area contributed by atoms with Crippen molar-refractivity contribution in [1.29, 1.82) is 0 Å². The summed E-state index contributed by atoms with van der Waals surface area (Å²) in [5.41, 5.74) is 0. The minimum absolute atomic E-state index is 0.347. The molecule has 1 nitrogen and oxygen atoms in total. The molecule has 0 saturated carbocycles. The van der Waals surface area contributed by atoms with Gasteiger partial charge >= 0.3 is 0 Å². The second kappa shape index (κ2) is 8.55. The normalized spacial score (nSPS) is 15.1. The Morgan fingerprint density at radius 3 is 1.64 bits per heavy atom. The van der Waals surface area contributed by atoms with Gasteiger partial charge in [0.25, 0.3) is 0 Å². The van der Waals surface area contributed by atoms with Gasteiger partial charge in [-0.1, -0.05) is 13.8 Å². The van der Waals surface area contributed by atoms with E-state index in [1.807, 2.05) is 0 Å². The Bertz CT molecular complexity index is 143. The summed E-state index contributed by atoms with van der Waals surface area (Å²) < 4.78 is 0. The van der Waals surface area contributed by atoms with Gasteiger partial charge in [-0.3, -0.25) is 4.79 Å². The summed E-state index contributed by atoms with van der Waals surface area (Å²) in [5, 5.41) is 0. The van der Waals surface area contributed by atoms with E-state index < -0.39 is 0 Å². The van der Waals surface area contributed by atoms with Crippen LogP contribution in [-0.2, 0) is 4.79 Å². The second-order valence-electron chi connectivity index (χ2n) is 4.11. The molecule has 2 unspecified atom stereocenters. The first-order chi connectivity index (χ1) is 6.60. The molecule has 0 saturated heterocycles. The molecule has 84 valence electrons. The summed E-state index contributed by atoms with van der Waals surface area (Å²) in [6.07, 6.45) is 3.19. The van der Waals surface area contributed by atoms with E-state index in [9.17, 15) is 4.79 Å². The van der Waals surface area contributed by atoms with Crippen LogP contribution in [0, 0.1) is 11.8 Å². The molecule has 0 aromatic carbocycles. The first-order valence-corrected chi connectivity index (χ1v) is 6.30. The summed E-state index contributed by atoms with van der Waals surface area (Å²) in [6.45, 7) is 4.15. The Kier molecular flexibility index (Phi) is 8.70. The maximum absolute atomic E-state index is 11.5. The highest BCUT2D eigenvalue weighted by atomic mass is 35.5. The molecule has 0 aliphatic heterocycles. The molecule has 0 aromatic rings. The number of rotatable bonds is 8. The zero-order chi connectivity index (χ0) is 11.0. The van der Waals surface area contributed by atoms with E-state index in [0.717, 1.165) is 12.8 Å². The van der Waals surface area contributed by atoms with Crippen molar-refractivity contribution in [3.63, 3.8) is 0 Å². The van der Waals surface area contributed by atoms with Crippen molar-refractivity contribution < 1.29 is 4.79 Å². The highest BCUT2D eigenvalue weighted by molar-refractivity contribution is 6.18. The van der Waals surface area contributed by atoms with Gasteiger partial charge in [-0.2, -0.15) is 0 Å². The smallest absolute Gasteiger partial charge is 0.133 e. The van der Waals surface area contributed by atoms with E-state index in [2.05, 4.69) is 13.8 Å². The number of carbonyl (C=O) groups is 1. The molecule has 0 aliphatic rings. The van der Waals surface area contributed by atoms with Gasteiger partial charge in [0.1, 0.15) is 5.78 Å². The van der Waals surface area contributed by atoms with Crippen molar-refractivity contribution >= 4 is 29.0 Å². The first-order valence-electron chi connectivity index (χ1n) is 5.23. The van der Waals surface area contributed by atoms with Gasteiger partial charge in [-0.15, -0.1) is 23.2 Å². The van der Waals surface area contributed by atoms with Gasteiger partial charge in [0, 0.05) is 24.6 Å². The summed E-state index contributed by atoms with van der Waals surface area (Å²) in [5.74, 6) is 2.48. The topological polar surface area (TPSA) is 17.1 Å². The number of hydrogen-bond acceptors (Lipinski definition) is 1. The van der Waals surface area contributed by atoms with E-state index in [0.29, 0.717) is 42.2 Å². The molecular formula is C11H20Cl2O. The highest BCUT2D eigenvalue weighted by Crippen LogP contribution is 2.15. The van der Waals surface area contributed by atoms with Crippen LogP contribution in [0.15, 0.2) is 0 Å². The van der Waals surface area contributed by atoms with Crippen molar-refractivity contribution in [2.24, 2.45) is 11.8 Å². The largest absolute Gasteiger partial charge is 0.300 e. The summed E-state index contributed by atoms with van der Waals surface area (Å²) in [4.78, 5) is 11.5. The minimum atomic E-state index is 0.347. The standard InChI is InChI=1S/C11H20Cl2O/c1-9(3-5-12)7-11(14)8-10(2)4-6-13/h9-10H,3-8H2,1-2H3. The zero-order valence-corrected chi connectivity index (χ0v) is 10.6. The molecule has 14 heavy (non-hydrogen) atoms. The number of ketones is 1. The quantitative estimate of drug-likeness (QED) is 0.588. The molecule has 0 radical (unpaired) electrons. The Morgan fingerprint density at radius 2 is 1.36 bits per heavy atom. The molecule has 0 amide bonds. The van der Waals surface area contributed by atoms with Gasteiger partial charge < -0.3 is 0 Å². The van der Waals surface area contributed by atoms with E-state index >= 15 is 0 Å². The third-order valence-corrected chi connectivity index (χ3v) is 2.79. The number of halogens is 2. The van der Waals surface area contributed by atoms with Crippen molar-refractivity contribution in [2.45, 2.75) is 39.5 Å².